The molecule has 2 aromatic rings. The number of aromatic nitrogens is 2. The number of nitrogens with zero attached hydrogens (tertiary/aromatic N) is 5. The molecule has 0 radical (unpaired) electrons. The summed E-state index contributed by atoms with van der Waals surface area (Å²) in [6.45, 7) is 7.69. The van der Waals surface area contributed by atoms with Crippen molar-refractivity contribution in [3.05, 3.63) is 23.0 Å². The summed E-state index contributed by atoms with van der Waals surface area (Å²) in [6, 6.07) is 0. The van der Waals surface area contributed by atoms with E-state index in [4.69, 9.17) is 10.5 Å². The van der Waals surface area contributed by atoms with Gasteiger partial charge in [0.25, 0.3) is 0 Å². The zero-order valence-corrected chi connectivity index (χ0v) is 24.3. The molecule has 2 rings (SSSR count). The first-order chi connectivity index (χ1) is 15.2. The van der Waals surface area contributed by atoms with Crippen molar-refractivity contribution in [2.45, 2.75) is 103 Å². The Morgan fingerprint density at radius 2 is 1.65 bits per heavy atom. The third-order valence-corrected chi connectivity index (χ3v) is 26.7. The molecule has 2 aromatic heterocycles. The zero-order chi connectivity index (χ0) is 22.4. The molecule has 0 aliphatic rings. The Morgan fingerprint density at radius 3 is 2.26 bits per heavy atom. The molecular weight excluding hydrogens is 529 g/mol. The number of imidazole rings is 1. The van der Waals surface area contributed by atoms with E-state index in [0.29, 0.717) is 6.54 Å². The average molecular weight is 570 g/mol. The third kappa shape index (κ3) is 8.48. The summed E-state index contributed by atoms with van der Waals surface area (Å²) < 4.78 is 8.71. The van der Waals surface area contributed by atoms with Crippen molar-refractivity contribution >= 4 is 49.2 Å². The number of hydrogen-bond donors (Lipinski definition) is 0. The molecule has 2 heterocycles. The molecule has 0 saturated carbocycles. The molecule has 0 amide bonds. The first-order valence-electron chi connectivity index (χ1n) is 12.3. The van der Waals surface area contributed by atoms with Crippen LogP contribution < -0.4 is 2.89 Å². The van der Waals surface area contributed by atoms with Gasteiger partial charge in [-0.3, -0.25) is 0 Å². The van der Waals surface area contributed by atoms with Gasteiger partial charge in [0, 0.05) is 4.91 Å². The van der Waals surface area contributed by atoms with Crippen LogP contribution in [-0.4, -0.2) is 40.1 Å². The Bertz CT molecular complexity index is 775. The quantitative estimate of drug-likeness (QED) is 0.0451. The molecule has 0 spiro atoms. The van der Waals surface area contributed by atoms with E-state index in [1.165, 1.54) is 74.5 Å². The Morgan fingerprint density at radius 1 is 1.00 bits per heavy atom. The molecule has 0 saturated heterocycles. The molecule has 0 aliphatic carbocycles. The molecule has 0 aromatic carbocycles. The monoisotopic (exact) mass is 571 g/mol. The molecule has 0 unspecified atom stereocenters. The second-order valence-corrected chi connectivity index (χ2v) is 24.9. The molecule has 31 heavy (non-hydrogen) atoms. The van der Waals surface area contributed by atoms with Gasteiger partial charge in [0.15, 0.2) is 0 Å². The number of fused-ring (bicyclic) bond motifs is 1. The van der Waals surface area contributed by atoms with Crippen molar-refractivity contribution in [1.82, 2.24) is 9.38 Å². The van der Waals surface area contributed by atoms with Crippen LogP contribution in [0.15, 0.2) is 22.7 Å². The molecule has 0 atom stereocenters. The Hall–Kier alpha value is -0.371. The number of unbranched alkanes of at least 4 members (excludes halogenated alkanes) is 6. The fourth-order valence-electron chi connectivity index (χ4n) is 4.26. The van der Waals surface area contributed by atoms with E-state index in [0.717, 1.165) is 18.6 Å². The second kappa shape index (κ2) is 15.5. The van der Waals surface area contributed by atoms with Gasteiger partial charge in [-0.25, -0.2) is 0 Å². The summed E-state index contributed by atoms with van der Waals surface area (Å²) in [5.41, 5.74) is 8.33. The normalized spacial score (nSPS) is 11.8. The first kappa shape index (κ1) is 26.9. The summed E-state index contributed by atoms with van der Waals surface area (Å²) in [6.07, 6.45) is 17.3. The van der Waals surface area contributed by atoms with Crippen LogP contribution in [0.2, 0.25) is 13.3 Å². The summed E-state index contributed by atoms with van der Waals surface area (Å²) in [7, 11) is 0. The summed E-state index contributed by atoms with van der Waals surface area (Å²) in [5.74, 6) is 1.12. The summed E-state index contributed by atoms with van der Waals surface area (Å²) >= 11 is 1.66. The van der Waals surface area contributed by atoms with E-state index < -0.39 is 18.4 Å². The second-order valence-electron chi connectivity index (χ2n) is 8.67. The van der Waals surface area contributed by atoms with Gasteiger partial charge in [0.2, 0.25) is 0 Å². The van der Waals surface area contributed by atoms with Gasteiger partial charge in [-0.1, -0.05) is 0 Å². The van der Waals surface area contributed by atoms with Gasteiger partial charge in [0.1, 0.15) is 0 Å². The van der Waals surface area contributed by atoms with Crippen LogP contribution >= 0.6 is 23.1 Å². The minimum atomic E-state index is -2.35. The van der Waals surface area contributed by atoms with Crippen LogP contribution in [0.5, 0.6) is 0 Å². The van der Waals surface area contributed by atoms with Crippen molar-refractivity contribution in [1.29, 1.82) is 0 Å². The summed E-state index contributed by atoms with van der Waals surface area (Å²) in [4.78, 5) is 8.93. The Kier molecular flexibility index (Phi) is 13.4. The predicted molar refractivity (Wildman–Crippen MR) is 141 cm³/mol. The van der Waals surface area contributed by atoms with E-state index in [9.17, 15) is 0 Å². The van der Waals surface area contributed by atoms with Crippen molar-refractivity contribution in [2.75, 3.05) is 12.3 Å². The number of thiazole rings is 1. The van der Waals surface area contributed by atoms with E-state index in [1.54, 1.807) is 2.89 Å². The van der Waals surface area contributed by atoms with Crippen LogP contribution in [0.25, 0.3) is 15.3 Å². The number of thioether (sulfide) groups is 1. The van der Waals surface area contributed by atoms with E-state index in [-0.39, 0.29) is 0 Å². The van der Waals surface area contributed by atoms with Crippen LogP contribution in [0, 0.1) is 0 Å². The molecule has 5 nitrogen and oxygen atoms in total. The Labute approximate surface area is 201 Å². The van der Waals surface area contributed by atoms with Crippen LogP contribution in [0.3, 0.4) is 0 Å². The van der Waals surface area contributed by atoms with Gasteiger partial charge < -0.3 is 0 Å². The van der Waals surface area contributed by atoms with E-state index in [1.807, 2.05) is 18.1 Å². The number of azide groups is 1. The molecule has 8 heteroatoms. The van der Waals surface area contributed by atoms with Crippen LogP contribution in [-0.2, 0) is 0 Å². The first-order valence-corrected chi connectivity index (χ1v) is 21.6. The maximum absolute atomic E-state index is 8.33. The van der Waals surface area contributed by atoms with E-state index in [2.05, 4.69) is 52.7 Å². The summed E-state index contributed by atoms with van der Waals surface area (Å²) in [5, 5.41) is 4.84. The zero-order valence-electron chi connectivity index (χ0n) is 19.8. The topological polar surface area (TPSA) is 66.1 Å². The van der Waals surface area contributed by atoms with Gasteiger partial charge >= 0.3 is 192 Å². The van der Waals surface area contributed by atoms with Crippen LogP contribution in [0.1, 0.15) is 85.0 Å². The molecule has 0 N–H and O–H groups in total. The molecule has 174 valence electrons. The van der Waals surface area contributed by atoms with E-state index >= 15 is 0 Å². The number of rotatable bonds is 18. The standard InChI is InChI=1S/C11H14N5S2.3C4H9.Sn/c12-15-14-5-3-1-2-4-7-17-10-11-16(9-13-10)6-8-18-11;3*1-3-4-2;/h6,9H,1-5,7H2;3*1,3-4H2,2H3;. The van der Waals surface area contributed by atoms with Gasteiger partial charge in [-0.15, -0.1) is 0 Å². The minimum absolute atomic E-state index is 0.630. The molecule has 0 fully saturated rings. The maximum atomic E-state index is 8.33. The van der Waals surface area contributed by atoms with Gasteiger partial charge in [0.05, 0.1) is 0 Å². The van der Waals surface area contributed by atoms with Gasteiger partial charge in [-0.2, -0.15) is 0 Å². The molecule has 0 aliphatic heterocycles. The fourth-order valence-corrected chi connectivity index (χ4v) is 25.4. The SMILES string of the molecule is CCC[CH2][Sn]([CH2]CCC)([CH2]CCC)[c]1cn2cnc(SCCCCCCN=[N+]=[N-])c2s1. The Balaban J connectivity index is 2.06. The van der Waals surface area contributed by atoms with Crippen molar-refractivity contribution in [3.8, 4) is 0 Å². The van der Waals surface area contributed by atoms with Crippen LogP contribution in [0.4, 0.5) is 0 Å². The fraction of sp³-hybridized carbons (Fsp3) is 0.783. The van der Waals surface area contributed by atoms with Gasteiger partial charge in [-0.05, 0) is 5.53 Å². The molecule has 0 bridgehead atoms. The van der Waals surface area contributed by atoms with Crippen molar-refractivity contribution in [3.63, 3.8) is 0 Å². The molecular formula is C23H41N5S2Sn. The van der Waals surface area contributed by atoms with Crippen molar-refractivity contribution < 1.29 is 0 Å². The third-order valence-electron chi connectivity index (χ3n) is 6.18. The predicted octanol–water partition coefficient (Wildman–Crippen LogP) is 8.41. The average Bonchev–Trinajstić information content (AvgIpc) is 3.37. The number of hydrogen-bond acceptors (Lipinski definition) is 4. The van der Waals surface area contributed by atoms with Crippen molar-refractivity contribution in [2.24, 2.45) is 5.11 Å².